The van der Waals surface area contributed by atoms with Gasteiger partial charge in [0.05, 0.1) is 12.0 Å². The smallest absolute Gasteiger partial charge is 0.409 e. The van der Waals surface area contributed by atoms with E-state index in [9.17, 15) is 18.0 Å². The molecule has 1 aliphatic rings. The largest absolute Gasteiger partial charge is 0.453 e. The van der Waals surface area contributed by atoms with E-state index in [-0.39, 0.29) is 35.9 Å². The lowest BCUT2D eigenvalue weighted by atomic mass is 10.1. The van der Waals surface area contributed by atoms with Crippen molar-refractivity contribution >= 4 is 32.8 Å². The molecule has 1 saturated heterocycles. The van der Waals surface area contributed by atoms with Crippen LogP contribution in [0, 0.1) is 0 Å². The van der Waals surface area contributed by atoms with E-state index in [1.54, 1.807) is 23.1 Å². The molecule has 0 bridgehead atoms. The second-order valence-electron chi connectivity index (χ2n) is 6.96. The number of rotatable bonds is 6. The van der Waals surface area contributed by atoms with Gasteiger partial charge in [-0.1, -0.05) is 30.3 Å². The van der Waals surface area contributed by atoms with Crippen LogP contribution in [-0.4, -0.2) is 58.1 Å². The number of piperidine rings is 1. The summed E-state index contributed by atoms with van der Waals surface area (Å²) in [7, 11) is -2.35. The number of carbonyl (C=O) groups excluding carboxylic acids is 2. The van der Waals surface area contributed by atoms with Crippen molar-refractivity contribution in [3.05, 3.63) is 42.5 Å². The number of hydrogen-bond acceptors (Lipinski definition) is 5. The summed E-state index contributed by atoms with van der Waals surface area (Å²) in [6.45, 7) is 1.06. The molecule has 1 fully saturated rings. The number of hydrogen-bond donors (Lipinski definition) is 2. The normalized spacial score (nSPS) is 15.3. The summed E-state index contributed by atoms with van der Waals surface area (Å²) in [6, 6.07) is 12.4. The topological polar surface area (TPSA) is 105 Å². The lowest BCUT2D eigenvalue weighted by molar-refractivity contribution is -0.121. The Morgan fingerprint density at radius 2 is 1.79 bits per heavy atom. The number of nitrogens with one attached hydrogen (secondary N) is 2. The number of sulfonamides is 1. The molecule has 0 saturated carbocycles. The average Bonchev–Trinajstić information content (AvgIpc) is 2.73. The van der Waals surface area contributed by atoms with Crippen molar-refractivity contribution in [2.24, 2.45) is 0 Å². The minimum Gasteiger partial charge on any atom is -0.453 e. The van der Waals surface area contributed by atoms with E-state index in [0.29, 0.717) is 25.9 Å². The Hall–Kier alpha value is -2.65. The highest BCUT2D eigenvalue weighted by atomic mass is 32.2. The number of fused-ring (bicyclic) bond motifs is 1. The van der Waals surface area contributed by atoms with Crippen LogP contribution in [0.25, 0.3) is 10.8 Å². The molecule has 0 radical (unpaired) electrons. The van der Waals surface area contributed by atoms with Gasteiger partial charge in [-0.25, -0.2) is 17.9 Å². The first-order valence-electron chi connectivity index (χ1n) is 9.50. The highest BCUT2D eigenvalue weighted by Crippen LogP contribution is 2.18. The Morgan fingerprint density at radius 1 is 1.10 bits per heavy atom. The summed E-state index contributed by atoms with van der Waals surface area (Å²) in [5.41, 5.74) is 0. The van der Waals surface area contributed by atoms with Crippen molar-refractivity contribution < 1.29 is 22.7 Å². The molecule has 2 N–H and O–H groups in total. The van der Waals surface area contributed by atoms with E-state index >= 15 is 0 Å². The average molecular weight is 420 g/mol. The van der Waals surface area contributed by atoms with Gasteiger partial charge in [0.2, 0.25) is 15.9 Å². The van der Waals surface area contributed by atoms with Crippen molar-refractivity contribution in [1.29, 1.82) is 0 Å². The number of likely N-dealkylation sites (tertiary alicyclic amines) is 1. The lowest BCUT2D eigenvalue weighted by Gasteiger charge is -2.31. The van der Waals surface area contributed by atoms with Crippen LogP contribution in [0.4, 0.5) is 4.79 Å². The minimum absolute atomic E-state index is 0.0159. The Balaban J connectivity index is 1.46. The van der Waals surface area contributed by atoms with Crippen molar-refractivity contribution in [3.8, 4) is 0 Å². The Bertz CT molecular complexity index is 985. The molecule has 1 heterocycles. The maximum atomic E-state index is 12.5. The first-order valence-corrected chi connectivity index (χ1v) is 11.0. The monoisotopic (exact) mass is 419 g/mol. The summed E-state index contributed by atoms with van der Waals surface area (Å²) >= 11 is 0. The molecule has 0 aromatic heterocycles. The molecule has 2 aromatic rings. The molecule has 29 heavy (non-hydrogen) atoms. The van der Waals surface area contributed by atoms with Gasteiger partial charge in [0.25, 0.3) is 0 Å². The number of ether oxygens (including phenoxy) is 1. The van der Waals surface area contributed by atoms with Gasteiger partial charge in [0.1, 0.15) is 0 Å². The molecular formula is C20H25N3O5S. The SMILES string of the molecule is COC(=O)N1CCC(NC(=O)CCNS(=O)(=O)c2ccc3ccccc3c2)CC1. The zero-order valence-electron chi connectivity index (χ0n) is 16.3. The van der Waals surface area contributed by atoms with Crippen LogP contribution in [0.15, 0.2) is 47.4 Å². The first-order chi connectivity index (χ1) is 13.9. The maximum absolute atomic E-state index is 12.5. The Kier molecular flexibility index (Phi) is 6.71. The van der Waals surface area contributed by atoms with Crippen LogP contribution in [0.3, 0.4) is 0 Å². The molecule has 2 aromatic carbocycles. The molecule has 9 heteroatoms. The fourth-order valence-corrected chi connectivity index (χ4v) is 4.42. The zero-order valence-corrected chi connectivity index (χ0v) is 17.1. The molecule has 0 atom stereocenters. The van der Waals surface area contributed by atoms with Crippen molar-refractivity contribution in [3.63, 3.8) is 0 Å². The molecule has 8 nitrogen and oxygen atoms in total. The van der Waals surface area contributed by atoms with Crippen LogP contribution in [-0.2, 0) is 19.6 Å². The molecule has 156 valence electrons. The summed E-state index contributed by atoms with van der Waals surface area (Å²) in [6.07, 6.45) is 0.968. The van der Waals surface area contributed by atoms with E-state index in [0.717, 1.165) is 10.8 Å². The first kappa shape index (κ1) is 21.1. The fourth-order valence-electron chi connectivity index (χ4n) is 3.35. The van der Waals surface area contributed by atoms with Gasteiger partial charge in [0.15, 0.2) is 0 Å². The second kappa shape index (κ2) is 9.23. The van der Waals surface area contributed by atoms with Gasteiger partial charge in [0, 0.05) is 32.1 Å². The summed E-state index contributed by atoms with van der Waals surface area (Å²) < 4.78 is 32.1. The Morgan fingerprint density at radius 3 is 2.48 bits per heavy atom. The zero-order chi connectivity index (χ0) is 20.9. The Labute approximate surface area is 170 Å². The van der Waals surface area contributed by atoms with Crippen molar-refractivity contribution in [2.75, 3.05) is 26.7 Å². The fraction of sp³-hybridized carbons (Fsp3) is 0.400. The van der Waals surface area contributed by atoms with Crippen LogP contribution in [0.5, 0.6) is 0 Å². The summed E-state index contributed by atoms with van der Waals surface area (Å²) in [5.74, 6) is -0.220. The summed E-state index contributed by atoms with van der Waals surface area (Å²) in [4.78, 5) is 25.4. The van der Waals surface area contributed by atoms with Gasteiger partial charge in [-0.3, -0.25) is 4.79 Å². The molecule has 0 aliphatic carbocycles. The van der Waals surface area contributed by atoms with Crippen molar-refractivity contribution in [2.45, 2.75) is 30.2 Å². The quantitative estimate of drug-likeness (QED) is 0.744. The van der Waals surface area contributed by atoms with Gasteiger partial charge < -0.3 is 15.0 Å². The van der Waals surface area contributed by atoms with Crippen LogP contribution >= 0.6 is 0 Å². The molecule has 2 amide bonds. The van der Waals surface area contributed by atoms with Crippen LogP contribution < -0.4 is 10.0 Å². The number of amides is 2. The van der Waals surface area contributed by atoms with E-state index < -0.39 is 10.0 Å². The number of nitrogens with zero attached hydrogens (tertiary/aromatic N) is 1. The van der Waals surface area contributed by atoms with E-state index in [1.807, 2.05) is 24.3 Å². The third-order valence-corrected chi connectivity index (χ3v) is 6.43. The molecular weight excluding hydrogens is 394 g/mol. The standard InChI is InChI=1S/C20H25N3O5S/c1-28-20(25)23-12-9-17(10-13-23)22-19(24)8-11-21-29(26,27)18-7-6-15-4-2-3-5-16(15)14-18/h2-7,14,17,21H,8-13H2,1H3,(H,22,24). The van der Waals surface area contributed by atoms with Gasteiger partial charge in [-0.2, -0.15) is 0 Å². The van der Waals surface area contributed by atoms with Crippen molar-refractivity contribution in [1.82, 2.24) is 14.9 Å². The van der Waals surface area contributed by atoms with Crippen LogP contribution in [0.2, 0.25) is 0 Å². The minimum atomic E-state index is -3.69. The van der Waals surface area contributed by atoms with E-state index in [2.05, 4.69) is 14.8 Å². The molecule has 0 spiro atoms. The number of carbonyl (C=O) groups is 2. The number of benzene rings is 2. The maximum Gasteiger partial charge on any atom is 0.409 e. The van der Waals surface area contributed by atoms with E-state index in [1.165, 1.54) is 7.11 Å². The molecule has 1 aliphatic heterocycles. The second-order valence-corrected chi connectivity index (χ2v) is 8.72. The van der Waals surface area contributed by atoms with E-state index in [4.69, 9.17) is 0 Å². The van der Waals surface area contributed by atoms with Gasteiger partial charge in [-0.05, 0) is 35.7 Å². The third kappa shape index (κ3) is 5.45. The molecule has 0 unspecified atom stereocenters. The highest BCUT2D eigenvalue weighted by Gasteiger charge is 2.24. The predicted molar refractivity (Wildman–Crippen MR) is 109 cm³/mol. The number of methoxy groups -OCH3 is 1. The molecule has 3 rings (SSSR count). The predicted octanol–water partition coefficient (Wildman–Crippen LogP) is 1.86. The third-order valence-electron chi connectivity index (χ3n) is 4.97. The lowest BCUT2D eigenvalue weighted by Crippen LogP contribution is -2.46. The van der Waals surface area contributed by atoms with Gasteiger partial charge >= 0.3 is 6.09 Å². The highest BCUT2D eigenvalue weighted by molar-refractivity contribution is 7.89. The van der Waals surface area contributed by atoms with Gasteiger partial charge in [-0.15, -0.1) is 0 Å². The van der Waals surface area contributed by atoms with Crippen LogP contribution in [0.1, 0.15) is 19.3 Å². The summed E-state index contributed by atoms with van der Waals surface area (Å²) in [5, 5.41) is 4.70.